The second-order valence-corrected chi connectivity index (χ2v) is 3.44. The average molecular weight is 216 g/mol. The van der Waals surface area contributed by atoms with Crippen molar-refractivity contribution in [3.05, 3.63) is 71.5 Å². The predicted molar refractivity (Wildman–Crippen MR) is 58.5 cm³/mol. The molecule has 0 aliphatic heterocycles. The number of hydrogen-bond acceptors (Lipinski definition) is 3. The highest BCUT2D eigenvalue weighted by atomic mass is 16.6. The van der Waals surface area contributed by atoms with Gasteiger partial charge in [0.05, 0.1) is 16.6 Å². The van der Waals surface area contributed by atoms with Crippen molar-refractivity contribution in [3.8, 4) is 0 Å². The van der Waals surface area contributed by atoms with Gasteiger partial charge in [-0.15, -0.1) is 0 Å². The summed E-state index contributed by atoms with van der Waals surface area (Å²) in [4.78, 5) is 10.3. The molecule has 0 aromatic heterocycles. The van der Waals surface area contributed by atoms with E-state index in [1.807, 2.05) is 0 Å². The molecule has 0 saturated heterocycles. The van der Waals surface area contributed by atoms with Gasteiger partial charge in [-0.1, -0.05) is 12.1 Å². The Bertz CT molecular complexity index is 386. The molecule has 4 heteroatoms. The van der Waals surface area contributed by atoms with Crippen LogP contribution in [0.5, 0.6) is 0 Å². The first-order valence-corrected chi connectivity index (χ1v) is 4.83. The number of aliphatic hydroxyl groups is 1. The summed E-state index contributed by atoms with van der Waals surface area (Å²) < 4.78 is 0. The number of hydrogen-bond donors (Lipinski definition) is 1. The van der Waals surface area contributed by atoms with Crippen molar-refractivity contribution in [2.24, 2.45) is 0 Å². The topological polar surface area (TPSA) is 63.4 Å². The van der Waals surface area contributed by atoms with Crippen molar-refractivity contribution in [1.29, 1.82) is 0 Å². The van der Waals surface area contributed by atoms with Crippen LogP contribution in [0.15, 0.2) is 24.3 Å². The number of para-hydroxylation sites is 1. The molecule has 16 heavy (non-hydrogen) atoms. The van der Waals surface area contributed by atoms with E-state index < -0.39 is 11.0 Å². The van der Waals surface area contributed by atoms with Gasteiger partial charge in [0, 0.05) is 12.0 Å². The highest BCUT2D eigenvalue weighted by Crippen LogP contribution is 2.38. The maximum Gasteiger partial charge on any atom is 0.275 e. The summed E-state index contributed by atoms with van der Waals surface area (Å²) in [7, 11) is 0. The Morgan fingerprint density at radius 3 is 2.44 bits per heavy atom. The van der Waals surface area contributed by atoms with Crippen LogP contribution in [0.4, 0.5) is 5.69 Å². The van der Waals surface area contributed by atoms with E-state index in [9.17, 15) is 15.2 Å². The lowest BCUT2D eigenvalue weighted by Gasteiger charge is -2.16. The number of rotatable bonds is 3. The van der Waals surface area contributed by atoms with Crippen molar-refractivity contribution >= 4 is 5.69 Å². The molecular weight excluding hydrogens is 206 g/mol. The van der Waals surface area contributed by atoms with E-state index in [4.69, 9.17) is 0 Å². The molecular formula is C12H10NO3. The van der Waals surface area contributed by atoms with E-state index in [0.717, 1.165) is 0 Å². The van der Waals surface area contributed by atoms with Gasteiger partial charge in [-0.2, -0.15) is 0 Å². The van der Waals surface area contributed by atoms with Crippen LogP contribution in [0.25, 0.3) is 0 Å². The minimum Gasteiger partial charge on any atom is -0.388 e. The lowest BCUT2D eigenvalue weighted by molar-refractivity contribution is -0.386. The van der Waals surface area contributed by atoms with Gasteiger partial charge in [-0.05, 0) is 31.7 Å². The zero-order chi connectivity index (χ0) is 11.5. The molecule has 2 rings (SSSR count). The highest BCUT2D eigenvalue weighted by molar-refractivity contribution is 5.48. The van der Waals surface area contributed by atoms with E-state index >= 15 is 0 Å². The van der Waals surface area contributed by atoms with Crippen molar-refractivity contribution in [3.63, 3.8) is 0 Å². The van der Waals surface area contributed by atoms with Gasteiger partial charge < -0.3 is 5.11 Å². The van der Waals surface area contributed by atoms with Crippen LogP contribution in [-0.2, 0) is 0 Å². The lowest BCUT2D eigenvalue weighted by Crippen LogP contribution is -2.09. The third-order valence-corrected chi connectivity index (χ3v) is 2.43. The molecule has 4 nitrogen and oxygen atoms in total. The third-order valence-electron chi connectivity index (χ3n) is 2.43. The Kier molecular flexibility index (Phi) is 3.19. The Morgan fingerprint density at radius 2 is 1.81 bits per heavy atom. The Hall–Kier alpha value is -1.42. The second-order valence-electron chi connectivity index (χ2n) is 3.44. The fraction of sp³-hybridized carbons (Fsp3) is 0.0833. The predicted octanol–water partition coefficient (Wildman–Crippen LogP) is 2.03. The third kappa shape index (κ3) is 2.07. The van der Waals surface area contributed by atoms with Crippen molar-refractivity contribution in [1.82, 2.24) is 0 Å². The molecule has 0 heterocycles. The second kappa shape index (κ2) is 4.61. The highest BCUT2D eigenvalue weighted by Gasteiger charge is 2.30. The molecule has 1 aliphatic carbocycles. The quantitative estimate of drug-likeness (QED) is 0.621. The molecule has 0 spiro atoms. The van der Waals surface area contributed by atoms with Gasteiger partial charge >= 0.3 is 0 Å². The molecule has 1 aliphatic rings. The van der Waals surface area contributed by atoms with Crippen LogP contribution >= 0.6 is 0 Å². The first-order valence-electron chi connectivity index (χ1n) is 4.83. The summed E-state index contributed by atoms with van der Waals surface area (Å²) in [6, 6.07) is 6.21. The van der Waals surface area contributed by atoms with Crippen LogP contribution < -0.4 is 0 Å². The molecule has 81 valence electrons. The van der Waals surface area contributed by atoms with E-state index in [1.54, 1.807) is 43.9 Å². The monoisotopic (exact) mass is 216 g/mol. The Morgan fingerprint density at radius 1 is 1.19 bits per heavy atom. The molecule has 1 N–H and O–H groups in total. The van der Waals surface area contributed by atoms with Crippen LogP contribution in [-0.4, -0.2) is 10.0 Å². The Labute approximate surface area is 94.1 Å². The van der Waals surface area contributed by atoms with Crippen LogP contribution in [0, 0.1) is 41.7 Å². The largest absolute Gasteiger partial charge is 0.388 e. The molecule has 0 bridgehead atoms. The summed E-state index contributed by atoms with van der Waals surface area (Å²) >= 11 is 0. The van der Waals surface area contributed by atoms with Gasteiger partial charge in [0.2, 0.25) is 0 Å². The summed E-state index contributed by atoms with van der Waals surface area (Å²) in [5, 5.41) is 20.8. The fourth-order valence-electron chi connectivity index (χ4n) is 1.64. The smallest absolute Gasteiger partial charge is 0.275 e. The molecule has 1 unspecified atom stereocenters. The molecule has 1 saturated carbocycles. The normalized spacial score (nSPS) is 18.6. The van der Waals surface area contributed by atoms with Gasteiger partial charge in [0.15, 0.2) is 0 Å². The minimum atomic E-state index is -0.948. The van der Waals surface area contributed by atoms with Gasteiger partial charge in [-0.25, -0.2) is 0 Å². The van der Waals surface area contributed by atoms with Gasteiger partial charge in [0.1, 0.15) is 0 Å². The first-order chi connectivity index (χ1) is 7.70. The van der Waals surface area contributed by atoms with E-state index in [1.165, 1.54) is 6.07 Å². The van der Waals surface area contributed by atoms with Crippen molar-refractivity contribution < 1.29 is 10.0 Å². The molecule has 1 aromatic carbocycles. The number of aliphatic hydroxyl groups excluding tert-OH is 1. The molecule has 1 fully saturated rings. The zero-order valence-corrected chi connectivity index (χ0v) is 8.41. The number of nitrogens with zero attached hydrogens (tertiary/aromatic N) is 1. The fourth-order valence-corrected chi connectivity index (χ4v) is 1.64. The molecule has 0 amide bonds. The number of benzene rings is 1. The van der Waals surface area contributed by atoms with E-state index in [2.05, 4.69) is 0 Å². The first kappa shape index (κ1) is 11.1. The van der Waals surface area contributed by atoms with Crippen LogP contribution in [0.3, 0.4) is 0 Å². The zero-order valence-electron chi connectivity index (χ0n) is 8.41. The van der Waals surface area contributed by atoms with Crippen molar-refractivity contribution in [2.45, 2.75) is 6.10 Å². The SMILES string of the molecule is O=[N+]([O-])c1ccccc1C(O)[C]1[CH][CH][CH][CH]1. The number of nitro groups is 1. The summed E-state index contributed by atoms with van der Waals surface area (Å²) in [5.74, 6) is 0.661. The van der Waals surface area contributed by atoms with Gasteiger partial charge in [0.25, 0.3) is 5.69 Å². The van der Waals surface area contributed by atoms with Crippen LogP contribution in [0.2, 0.25) is 0 Å². The van der Waals surface area contributed by atoms with Gasteiger partial charge in [-0.3, -0.25) is 10.1 Å². The maximum absolute atomic E-state index is 10.8. The van der Waals surface area contributed by atoms with Crippen LogP contribution in [0.1, 0.15) is 11.7 Å². The standard InChI is InChI=1S/C12H10NO3/c14-12(9-5-1-2-6-9)10-7-3-4-8-11(10)13(15)16/h1-8,12,14H. The minimum absolute atomic E-state index is 0.0591. The van der Waals surface area contributed by atoms with E-state index in [0.29, 0.717) is 11.5 Å². The summed E-state index contributed by atoms with van der Waals surface area (Å²) in [6.45, 7) is 0. The average Bonchev–Trinajstić information content (AvgIpc) is 2.81. The lowest BCUT2D eigenvalue weighted by atomic mass is 9.93. The molecule has 5 radical (unpaired) electrons. The number of nitro benzene ring substituents is 1. The molecule has 1 aromatic rings. The summed E-state index contributed by atoms with van der Waals surface area (Å²) in [5.41, 5.74) is 0.259. The maximum atomic E-state index is 10.8. The van der Waals surface area contributed by atoms with Crippen molar-refractivity contribution in [2.75, 3.05) is 0 Å². The summed E-state index contributed by atoms with van der Waals surface area (Å²) in [6.07, 6.45) is 6.10. The van der Waals surface area contributed by atoms with E-state index in [-0.39, 0.29) is 5.69 Å². The molecule has 1 atom stereocenters. The Balaban J connectivity index is 2.27.